The van der Waals surface area contributed by atoms with E-state index >= 15 is 0 Å². The Morgan fingerprint density at radius 3 is 2.67 bits per heavy atom. The summed E-state index contributed by atoms with van der Waals surface area (Å²) in [4.78, 5) is 26.5. The van der Waals surface area contributed by atoms with Crippen LogP contribution in [0, 0.1) is 22.7 Å². The van der Waals surface area contributed by atoms with E-state index in [2.05, 4.69) is 11.4 Å². The van der Waals surface area contributed by atoms with Gasteiger partial charge < -0.3 is 10.2 Å². The number of rotatable bonds is 4. The molecular formula is C16H25N3O2. The number of nitrogens with one attached hydrogen (secondary N) is 1. The van der Waals surface area contributed by atoms with Gasteiger partial charge in [-0.25, -0.2) is 0 Å². The Morgan fingerprint density at radius 2 is 2.05 bits per heavy atom. The van der Waals surface area contributed by atoms with E-state index in [1.54, 1.807) is 4.90 Å². The zero-order chi connectivity index (χ0) is 15.3. The van der Waals surface area contributed by atoms with Gasteiger partial charge in [0.05, 0.1) is 12.0 Å². The van der Waals surface area contributed by atoms with Crippen molar-refractivity contribution in [3.05, 3.63) is 0 Å². The average Bonchev–Trinajstić information content (AvgIpc) is 3.02. The molecule has 5 heteroatoms. The van der Waals surface area contributed by atoms with Gasteiger partial charge in [-0.05, 0) is 32.1 Å². The van der Waals surface area contributed by atoms with Crippen molar-refractivity contribution < 1.29 is 9.59 Å². The van der Waals surface area contributed by atoms with Gasteiger partial charge >= 0.3 is 0 Å². The Kier molecular flexibility index (Phi) is 5.22. The third kappa shape index (κ3) is 3.37. The van der Waals surface area contributed by atoms with Crippen molar-refractivity contribution in [3.63, 3.8) is 0 Å². The number of piperidine rings is 1. The molecule has 0 aromatic heterocycles. The van der Waals surface area contributed by atoms with Gasteiger partial charge in [0.1, 0.15) is 5.41 Å². The van der Waals surface area contributed by atoms with Gasteiger partial charge in [0, 0.05) is 19.6 Å². The standard InChI is InChI=1S/C16H25N3O2/c1-2-9-18-14(20)13-6-5-10-19(11-13)15(21)16(12-17)7-3-4-8-16/h13H,2-11H2,1H3,(H,18,20). The molecule has 2 rings (SSSR count). The van der Waals surface area contributed by atoms with Crippen LogP contribution in [0.4, 0.5) is 0 Å². The highest BCUT2D eigenvalue weighted by Crippen LogP contribution is 2.39. The second-order valence-electron chi connectivity index (χ2n) is 6.28. The smallest absolute Gasteiger partial charge is 0.243 e. The van der Waals surface area contributed by atoms with Crippen molar-refractivity contribution in [2.75, 3.05) is 19.6 Å². The summed E-state index contributed by atoms with van der Waals surface area (Å²) in [6.07, 6.45) is 5.84. The summed E-state index contributed by atoms with van der Waals surface area (Å²) in [5.41, 5.74) is -0.818. The number of nitriles is 1. The molecule has 21 heavy (non-hydrogen) atoms. The van der Waals surface area contributed by atoms with E-state index in [9.17, 15) is 14.9 Å². The lowest BCUT2D eigenvalue weighted by Gasteiger charge is -2.36. The van der Waals surface area contributed by atoms with Crippen molar-refractivity contribution in [3.8, 4) is 6.07 Å². The first-order valence-corrected chi connectivity index (χ1v) is 8.11. The molecule has 1 aliphatic heterocycles. The van der Waals surface area contributed by atoms with E-state index in [1.165, 1.54) is 0 Å². The van der Waals surface area contributed by atoms with E-state index in [0.717, 1.165) is 32.1 Å². The van der Waals surface area contributed by atoms with Crippen LogP contribution in [-0.2, 0) is 9.59 Å². The van der Waals surface area contributed by atoms with E-state index in [-0.39, 0.29) is 17.7 Å². The van der Waals surface area contributed by atoms with Gasteiger partial charge in [-0.1, -0.05) is 19.8 Å². The normalized spacial score (nSPS) is 24.4. The molecule has 1 atom stereocenters. The first-order valence-electron chi connectivity index (χ1n) is 8.11. The third-order valence-corrected chi connectivity index (χ3v) is 4.71. The molecule has 1 saturated heterocycles. The van der Waals surface area contributed by atoms with Crippen molar-refractivity contribution in [2.45, 2.75) is 51.9 Å². The summed E-state index contributed by atoms with van der Waals surface area (Å²) in [7, 11) is 0. The molecule has 0 bridgehead atoms. The van der Waals surface area contributed by atoms with Crippen LogP contribution in [0.3, 0.4) is 0 Å². The molecule has 0 radical (unpaired) electrons. The Bertz CT molecular complexity index is 435. The molecular weight excluding hydrogens is 266 g/mol. The second kappa shape index (κ2) is 6.93. The van der Waals surface area contributed by atoms with Gasteiger partial charge in [-0.2, -0.15) is 5.26 Å². The molecule has 0 aromatic carbocycles. The van der Waals surface area contributed by atoms with Crippen LogP contribution in [-0.4, -0.2) is 36.3 Å². The van der Waals surface area contributed by atoms with Crippen LogP contribution >= 0.6 is 0 Å². The fourth-order valence-electron chi connectivity index (χ4n) is 3.42. The summed E-state index contributed by atoms with van der Waals surface area (Å²) in [5.74, 6) is -0.117. The quantitative estimate of drug-likeness (QED) is 0.859. The van der Waals surface area contributed by atoms with Gasteiger partial charge in [0.2, 0.25) is 11.8 Å². The first kappa shape index (κ1) is 15.8. The van der Waals surface area contributed by atoms with Gasteiger partial charge in [0.25, 0.3) is 0 Å². The molecule has 0 spiro atoms. The predicted octanol–water partition coefficient (Wildman–Crippen LogP) is 1.84. The van der Waals surface area contributed by atoms with Gasteiger partial charge in [-0.3, -0.25) is 9.59 Å². The summed E-state index contributed by atoms with van der Waals surface area (Å²) in [6, 6.07) is 2.26. The highest BCUT2D eigenvalue weighted by molar-refractivity contribution is 5.87. The van der Waals surface area contributed by atoms with Crippen molar-refractivity contribution in [2.24, 2.45) is 11.3 Å². The fourth-order valence-corrected chi connectivity index (χ4v) is 3.42. The molecule has 5 nitrogen and oxygen atoms in total. The van der Waals surface area contributed by atoms with Crippen molar-refractivity contribution >= 4 is 11.8 Å². The molecule has 1 saturated carbocycles. The number of carbonyl (C=O) groups excluding carboxylic acids is 2. The SMILES string of the molecule is CCCNC(=O)C1CCCN(C(=O)C2(C#N)CCCC2)C1. The minimum atomic E-state index is -0.818. The number of hydrogen-bond acceptors (Lipinski definition) is 3. The summed E-state index contributed by atoms with van der Waals surface area (Å²) >= 11 is 0. The van der Waals surface area contributed by atoms with Crippen LogP contribution in [0.25, 0.3) is 0 Å². The van der Waals surface area contributed by atoms with Crippen molar-refractivity contribution in [1.29, 1.82) is 5.26 Å². The lowest BCUT2D eigenvalue weighted by Crippen LogP contribution is -2.49. The number of hydrogen-bond donors (Lipinski definition) is 1. The maximum absolute atomic E-state index is 12.7. The van der Waals surface area contributed by atoms with E-state index in [1.807, 2.05) is 6.92 Å². The van der Waals surface area contributed by atoms with Gasteiger partial charge in [0.15, 0.2) is 0 Å². The Morgan fingerprint density at radius 1 is 1.33 bits per heavy atom. The van der Waals surface area contributed by atoms with Crippen LogP contribution in [0.2, 0.25) is 0 Å². The van der Waals surface area contributed by atoms with Crippen molar-refractivity contribution in [1.82, 2.24) is 10.2 Å². The van der Waals surface area contributed by atoms with E-state index < -0.39 is 5.41 Å². The zero-order valence-corrected chi connectivity index (χ0v) is 12.9. The van der Waals surface area contributed by atoms with E-state index in [4.69, 9.17) is 0 Å². The Labute approximate surface area is 126 Å². The molecule has 2 fully saturated rings. The number of carbonyl (C=O) groups is 2. The van der Waals surface area contributed by atoms with Crippen LogP contribution in [0.5, 0.6) is 0 Å². The molecule has 2 aliphatic rings. The Balaban J connectivity index is 1.99. The summed E-state index contributed by atoms with van der Waals surface area (Å²) < 4.78 is 0. The maximum Gasteiger partial charge on any atom is 0.243 e. The van der Waals surface area contributed by atoms with Crippen LogP contribution < -0.4 is 5.32 Å². The fraction of sp³-hybridized carbons (Fsp3) is 0.812. The molecule has 1 N–H and O–H groups in total. The van der Waals surface area contributed by atoms with E-state index in [0.29, 0.717) is 32.5 Å². The number of amides is 2. The first-order chi connectivity index (χ1) is 10.1. The predicted molar refractivity (Wildman–Crippen MR) is 79.1 cm³/mol. The minimum absolute atomic E-state index is 0.0458. The monoisotopic (exact) mass is 291 g/mol. The zero-order valence-electron chi connectivity index (χ0n) is 12.9. The molecule has 116 valence electrons. The summed E-state index contributed by atoms with van der Waals surface area (Å²) in [6.45, 7) is 3.86. The maximum atomic E-state index is 12.7. The molecule has 1 aliphatic carbocycles. The molecule has 2 amide bonds. The Hall–Kier alpha value is -1.57. The highest BCUT2D eigenvalue weighted by atomic mass is 16.2. The molecule has 1 heterocycles. The lowest BCUT2D eigenvalue weighted by atomic mass is 9.85. The average molecular weight is 291 g/mol. The molecule has 0 aromatic rings. The van der Waals surface area contributed by atoms with Gasteiger partial charge in [-0.15, -0.1) is 0 Å². The highest BCUT2D eigenvalue weighted by Gasteiger charge is 2.45. The number of nitrogens with zero attached hydrogens (tertiary/aromatic N) is 2. The minimum Gasteiger partial charge on any atom is -0.356 e. The number of likely N-dealkylation sites (tertiary alicyclic amines) is 1. The topological polar surface area (TPSA) is 73.2 Å². The second-order valence-corrected chi connectivity index (χ2v) is 6.28. The molecule has 1 unspecified atom stereocenters. The van der Waals surface area contributed by atoms with Crippen LogP contribution in [0.1, 0.15) is 51.9 Å². The third-order valence-electron chi connectivity index (χ3n) is 4.71. The summed E-state index contributed by atoms with van der Waals surface area (Å²) in [5, 5.41) is 12.3. The van der Waals surface area contributed by atoms with Crippen LogP contribution in [0.15, 0.2) is 0 Å². The largest absolute Gasteiger partial charge is 0.356 e. The lowest BCUT2D eigenvalue weighted by molar-refractivity contribution is -0.142.